The molecule has 0 atom stereocenters. The third-order valence-electron chi connectivity index (χ3n) is 6.55. The molecule has 38 heavy (non-hydrogen) atoms. The summed E-state index contributed by atoms with van der Waals surface area (Å²) in [6.45, 7) is 2.51. The molecule has 0 spiro atoms. The predicted molar refractivity (Wildman–Crippen MR) is 140 cm³/mol. The van der Waals surface area contributed by atoms with Crippen LogP contribution in [0.4, 0.5) is 18.9 Å². The number of carbonyl (C=O) groups is 1. The number of benzene rings is 3. The van der Waals surface area contributed by atoms with Gasteiger partial charge >= 0.3 is 0 Å². The van der Waals surface area contributed by atoms with Crippen LogP contribution >= 0.6 is 0 Å². The van der Waals surface area contributed by atoms with Crippen molar-refractivity contribution < 1.29 is 27.9 Å². The van der Waals surface area contributed by atoms with Gasteiger partial charge in [0, 0.05) is 43.4 Å². The Hall–Kier alpha value is -3.69. The minimum Gasteiger partial charge on any atom is -0.392 e. The Bertz CT molecular complexity index is 1290. The number of alkyl halides is 1. The van der Waals surface area contributed by atoms with Crippen LogP contribution in [-0.4, -0.2) is 48.0 Å². The normalized spacial score (nSPS) is 15.8. The quantitative estimate of drug-likeness (QED) is 0.230. The second kappa shape index (κ2) is 12.2. The fourth-order valence-electron chi connectivity index (χ4n) is 4.55. The zero-order valence-electron chi connectivity index (χ0n) is 21.1. The maximum absolute atomic E-state index is 13.8. The molecule has 2 N–H and O–H groups in total. The van der Waals surface area contributed by atoms with Crippen LogP contribution in [-0.2, 0) is 21.8 Å². The lowest BCUT2D eigenvalue weighted by Gasteiger charge is -2.38. The molecule has 3 aromatic carbocycles. The minimum absolute atomic E-state index is 0.162. The average molecular weight is 526 g/mol. The Morgan fingerprint density at radius 2 is 1.74 bits per heavy atom. The molecular weight excluding hydrogens is 495 g/mol. The van der Waals surface area contributed by atoms with Crippen LogP contribution in [0.15, 0.2) is 71.9 Å². The fraction of sp³-hybridized carbons (Fsp3) is 0.310. The zero-order chi connectivity index (χ0) is 27.1. The third-order valence-corrected chi connectivity index (χ3v) is 6.55. The second-order valence-corrected chi connectivity index (χ2v) is 9.36. The van der Waals surface area contributed by atoms with Gasteiger partial charge in [0.15, 0.2) is 11.6 Å². The van der Waals surface area contributed by atoms with Gasteiger partial charge in [-0.25, -0.2) is 13.2 Å². The topological polar surface area (TPSA) is 74.2 Å². The molecule has 9 heteroatoms. The van der Waals surface area contributed by atoms with Gasteiger partial charge in [-0.2, -0.15) is 0 Å². The van der Waals surface area contributed by atoms with Crippen LogP contribution in [0.3, 0.4) is 0 Å². The van der Waals surface area contributed by atoms with Crippen molar-refractivity contribution in [3.8, 4) is 0 Å². The highest BCUT2D eigenvalue weighted by molar-refractivity contribution is 6.12. The number of amides is 1. The number of hydrogen-bond donors (Lipinski definition) is 2. The molecule has 200 valence electrons. The molecule has 1 aliphatic rings. The lowest BCUT2D eigenvalue weighted by Crippen LogP contribution is -2.42. The number of hydrogen-bond acceptors (Lipinski definition) is 5. The van der Waals surface area contributed by atoms with Gasteiger partial charge in [0.05, 0.1) is 5.60 Å². The Kier molecular flexibility index (Phi) is 8.81. The van der Waals surface area contributed by atoms with Crippen molar-refractivity contribution in [1.29, 1.82) is 0 Å². The van der Waals surface area contributed by atoms with E-state index in [0.29, 0.717) is 49.3 Å². The second-order valence-electron chi connectivity index (χ2n) is 9.36. The molecule has 1 amide bonds. The maximum Gasteiger partial charge on any atom is 0.221 e. The van der Waals surface area contributed by atoms with Crippen molar-refractivity contribution in [2.75, 3.05) is 31.7 Å². The molecule has 0 aliphatic carbocycles. The van der Waals surface area contributed by atoms with Gasteiger partial charge in [-0.3, -0.25) is 9.69 Å². The molecule has 1 fully saturated rings. The van der Waals surface area contributed by atoms with Crippen molar-refractivity contribution in [3.05, 3.63) is 101 Å². The lowest BCUT2D eigenvalue weighted by molar-refractivity contribution is -0.114. The van der Waals surface area contributed by atoms with Crippen molar-refractivity contribution >= 4 is 17.3 Å². The van der Waals surface area contributed by atoms with E-state index in [-0.39, 0.29) is 18.2 Å². The Morgan fingerprint density at radius 3 is 2.39 bits per heavy atom. The van der Waals surface area contributed by atoms with E-state index in [4.69, 9.17) is 4.84 Å². The summed E-state index contributed by atoms with van der Waals surface area (Å²) in [5.74, 6) is -2.14. The molecule has 0 bridgehead atoms. The first kappa shape index (κ1) is 27.3. The van der Waals surface area contributed by atoms with Crippen molar-refractivity contribution in [2.24, 2.45) is 5.16 Å². The number of rotatable bonds is 9. The van der Waals surface area contributed by atoms with E-state index < -0.39 is 23.9 Å². The highest BCUT2D eigenvalue weighted by Crippen LogP contribution is 2.34. The fourth-order valence-corrected chi connectivity index (χ4v) is 4.55. The molecule has 3 aromatic rings. The largest absolute Gasteiger partial charge is 0.392 e. The molecule has 0 saturated carbocycles. The standard InChI is InChI=1S/C29H30F3N3O3/c1-20(36)33-25-4-2-3-24(18-25)29(37)11-14-35(15-12-29)19-21-5-7-22(8-6-21)28(34-38-16-13-30)23-9-10-26(31)27(32)17-23/h2-10,17-18,37H,11-16,19H2,1H3,(H,33,36)/b34-28-. The van der Waals surface area contributed by atoms with Crippen LogP contribution in [0.2, 0.25) is 0 Å². The van der Waals surface area contributed by atoms with E-state index in [1.807, 2.05) is 42.5 Å². The summed E-state index contributed by atoms with van der Waals surface area (Å²) < 4.78 is 39.8. The van der Waals surface area contributed by atoms with Crippen molar-refractivity contribution in [3.63, 3.8) is 0 Å². The number of nitrogens with zero attached hydrogens (tertiary/aromatic N) is 2. The number of aliphatic hydroxyl groups is 1. The summed E-state index contributed by atoms with van der Waals surface area (Å²) in [4.78, 5) is 18.6. The smallest absolute Gasteiger partial charge is 0.221 e. The van der Waals surface area contributed by atoms with Crippen LogP contribution in [0, 0.1) is 11.6 Å². The molecular formula is C29H30F3N3O3. The minimum atomic E-state index is -1.01. The predicted octanol–water partition coefficient (Wildman–Crippen LogP) is 5.15. The van der Waals surface area contributed by atoms with Gasteiger partial charge in [0.25, 0.3) is 0 Å². The molecule has 1 aliphatic heterocycles. The van der Waals surface area contributed by atoms with Crippen molar-refractivity contribution in [1.82, 2.24) is 4.90 Å². The first-order valence-corrected chi connectivity index (χ1v) is 12.4. The molecule has 4 rings (SSSR count). The van der Waals surface area contributed by atoms with Crippen LogP contribution < -0.4 is 5.32 Å². The summed E-state index contributed by atoms with van der Waals surface area (Å²) in [6.07, 6.45) is 1.10. The first-order valence-electron chi connectivity index (χ1n) is 12.4. The Morgan fingerprint density at radius 1 is 1.03 bits per heavy atom. The van der Waals surface area contributed by atoms with Gasteiger partial charge in [-0.1, -0.05) is 41.6 Å². The van der Waals surface area contributed by atoms with E-state index in [2.05, 4.69) is 15.4 Å². The van der Waals surface area contributed by atoms with E-state index in [1.54, 1.807) is 6.07 Å². The van der Waals surface area contributed by atoms with Gasteiger partial charge in [-0.15, -0.1) is 0 Å². The molecule has 0 radical (unpaired) electrons. The maximum atomic E-state index is 13.8. The molecule has 1 heterocycles. The SMILES string of the molecule is CC(=O)Nc1cccc(C2(O)CCN(Cc3ccc(/C(=N/OCCF)c4ccc(F)c(F)c4)cc3)CC2)c1. The highest BCUT2D eigenvalue weighted by Gasteiger charge is 2.34. The average Bonchev–Trinajstić information content (AvgIpc) is 2.90. The number of likely N-dealkylation sites (tertiary alicyclic amines) is 1. The number of oxime groups is 1. The molecule has 1 saturated heterocycles. The molecule has 0 unspecified atom stereocenters. The van der Waals surface area contributed by atoms with E-state index >= 15 is 0 Å². The van der Waals surface area contributed by atoms with Crippen LogP contribution in [0.25, 0.3) is 0 Å². The van der Waals surface area contributed by atoms with E-state index in [1.165, 1.54) is 13.0 Å². The summed E-state index contributed by atoms with van der Waals surface area (Å²) >= 11 is 0. The van der Waals surface area contributed by atoms with Gasteiger partial charge < -0.3 is 15.3 Å². The molecule has 0 aromatic heterocycles. The third kappa shape index (κ3) is 6.79. The van der Waals surface area contributed by atoms with Crippen LogP contribution in [0.1, 0.15) is 42.0 Å². The van der Waals surface area contributed by atoms with Gasteiger partial charge in [0.2, 0.25) is 5.91 Å². The summed E-state index contributed by atoms with van der Waals surface area (Å²) in [6, 6.07) is 18.2. The zero-order valence-corrected chi connectivity index (χ0v) is 21.1. The number of carbonyl (C=O) groups excluding carboxylic acids is 1. The van der Waals surface area contributed by atoms with Crippen LogP contribution in [0.5, 0.6) is 0 Å². The summed E-state index contributed by atoms with van der Waals surface area (Å²) in [7, 11) is 0. The number of nitrogens with one attached hydrogen (secondary N) is 1. The number of halogens is 3. The number of piperidine rings is 1. The summed E-state index contributed by atoms with van der Waals surface area (Å²) in [5.41, 5.74) is 2.71. The monoisotopic (exact) mass is 525 g/mol. The van der Waals surface area contributed by atoms with E-state index in [9.17, 15) is 23.1 Å². The van der Waals surface area contributed by atoms with Gasteiger partial charge in [0.1, 0.15) is 19.0 Å². The molecule has 6 nitrogen and oxygen atoms in total. The highest BCUT2D eigenvalue weighted by atomic mass is 19.2. The van der Waals surface area contributed by atoms with Gasteiger partial charge in [-0.05, 0) is 54.3 Å². The van der Waals surface area contributed by atoms with Crippen molar-refractivity contribution in [2.45, 2.75) is 31.9 Å². The number of anilines is 1. The first-order chi connectivity index (χ1) is 18.3. The Labute approximate surface area is 219 Å². The Balaban J connectivity index is 1.42. The van der Waals surface area contributed by atoms with E-state index in [0.717, 1.165) is 23.3 Å². The lowest BCUT2D eigenvalue weighted by atomic mass is 9.84. The summed E-state index contributed by atoms with van der Waals surface area (Å²) in [5, 5.41) is 18.0.